The van der Waals surface area contributed by atoms with E-state index in [2.05, 4.69) is 20.4 Å². The van der Waals surface area contributed by atoms with Crippen LogP contribution in [0.15, 0.2) is 24.4 Å². The summed E-state index contributed by atoms with van der Waals surface area (Å²) in [4.78, 5) is 8.55. The molecule has 4 rings (SSSR count). The zero-order valence-electron chi connectivity index (χ0n) is 16.1. The standard InChI is InChI=1S/C18H23F2N9/c1-23-29-16(21)13-11-24-28(17(13)25-18(29)22)9-6-26-4-7-27(8-5-26)15-3-2-12(19)10-14(15)20/h2-3,10-11,21,23H,4-9H2,1H3,(H2,22,25). The van der Waals surface area contributed by atoms with Crippen LogP contribution < -0.4 is 21.5 Å². The van der Waals surface area contributed by atoms with Gasteiger partial charge in [0.1, 0.15) is 11.6 Å². The molecular weight excluding hydrogens is 380 g/mol. The molecule has 3 aromatic rings. The van der Waals surface area contributed by atoms with Crippen LogP contribution in [0.4, 0.5) is 20.4 Å². The first-order chi connectivity index (χ1) is 14.0. The maximum atomic E-state index is 14.0. The van der Waals surface area contributed by atoms with Crippen molar-refractivity contribution in [3.05, 3.63) is 41.5 Å². The number of hydrogen-bond donors (Lipinski definition) is 3. The van der Waals surface area contributed by atoms with E-state index in [0.717, 1.165) is 25.7 Å². The van der Waals surface area contributed by atoms with E-state index >= 15 is 0 Å². The van der Waals surface area contributed by atoms with E-state index in [1.807, 2.05) is 4.90 Å². The van der Waals surface area contributed by atoms with E-state index in [1.165, 1.54) is 16.8 Å². The Morgan fingerprint density at radius 1 is 1.17 bits per heavy atom. The van der Waals surface area contributed by atoms with Gasteiger partial charge in [0, 0.05) is 45.8 Å². The topological polar surface area (TPSA) is 104 Å². The fourth-order valence-electron chi connectivity index (χ4n) is 3.63. The van der Waals surface area contributed by atoms with Crippen molar-refractivity contribution in [3.63, 3.8) is 0 Å². The smallest absolute Gasteiger partial charge is 0.223 e. The molecule has 2 aromatic heterocycles. The molecule has 29 heavy (non-hydrogen) atoms. The summed E-state index contributed by atoms with van der Waals surface area (Å²) in [6.45, 7) is 4.18. The monoisotopic (exact) mass is 403 g/mol. The fraction of sp³-hybridized carbons (Fsp3) is 0.389. The molecule has 0 atom stereocenters. The van der Waals surface area contributed by atoms with Gasteiger partial charge in [-0.15, -0.1) is 0 Å². The van der Waals surface area contributed by atoms with Crippen molar-refractivity contribution in [2.24, 2.45) is 0 Å². The van der Waals surface area contributed by atoms with Crippen LogP contribution in [0.1, 0.15) is 0 Å². The minimum atomic E-state index is -0.568. The second-order valence-electron chi connectivity index (χ2n) is 6.91. The van der Waals surface area contributed by atoms with Crippen molar-refractivity contribution in [2.75, 3.05) is 55.8 Å². The lowest BCUT2D eigenvalue weighted by Gasteiger charge is -2.36. The molecule has 0 unspecified atom stereocenters. The first-order valence-corrected chi connectivity index (χ1v) is 9.36. The summed E-state index contributed by atoms with van der Waals surface area (Å²) in [5, 5.41) is 13.2. The molecule has 0 spiro atoms. The Morgan fingerprint density at radius 2 is 1.93 bits per heavy atom. The molecule has 0 saturated carbocycles. The van der Waals surface area contributed by atoms with E-state index in [1.54, 1.807) is 17.9 Å². The maximum absolute atomic E-state index is 14.0. The van der Waals surface area contributed by atoms with Gasteiger partial charge in [-0.1, -0.05) is 0 Å². The zero-order chi connectivity index (χ0) is 20.5. The third kappa shape index (κ3) is 3.60. The van der Waals surface area contributed by atoms with Gasteiger partial charge in [-0.25, -0.2) is 18.1 Å². The van der Waals surface area contributed by atoms with Crippen LogP contribution in [0.3, 0.4) is 0 Å². The minimum absolute atomic E-state index is 0.196. The molecule has 0 aliphatic carbocycles. The van der Waals surface area contributed by atoms with E-state index in [4.69, 9.17) is 11.1 Å². The van der Waals surface area contributed by atoms with E-state index < -0.39 is 11.6 Å². The van der Waals surface area contributed by atoms with Crippen LogP contribution in [-0.2, 0) is 6.54 Å². The highest BCUT2D eigenvalue weighted by Gasteiger charge is 2.20. The summed E-state index contributed by atoms with van der Waals surface area (Å²) in [5.41, 5.74) is 9.95. The number of nitrogen functional groups attached to an aromatic ring is 1. The average molecular weight is 403 g/mol. The number of nitrogens with two attached hydrogens (primary N) is 1. The van der Waals surface area contributed by atoms with Gasteiger partial charge < -0.3 is 16.1 Å². The Kier molecular flexibility index (Phi) is 5.05. The Balaban J connectivity index is 1.40. The van der Waals surface area contributed by atoms with E-state index in [-0.39, 0.29) is 11.4 Å². The van der Waals surface area contributed by atoms with Gasteiger partial charge >= 0.3 is 0 Å². The van der Waals surface area contributed by atoms with Crippen molar-refractivity contribution < 1.29 is 8.78 Å². The van der Waals surface area contributed by atoms with Crippen LogP contribution in [0, 0.1) is 17.0 Å². The third-order valence-corrected chi connectivity index (χ3v) is 5.21. The number of piperazine rings is 1. The van der Waals surface area contributed by atoms with Gasteiger partial charge in [-0.3, -0.25) is 10.3 Å². The SMILES string of the molecule is CNn1c(N)nc2c(cnn2CCN2CCN(c3ccc(F)cc3F)CC2)c1=N. The summed E-state index contributed by atoms with van der Waals surface area (Å²) in [5.74, 6) is -0.904. The highest BCUT2D eigenvalue weighted by Crippen LogP contribution is 2.21. The molecular formula is C18H23F2N9. The zero-order valence-corrected chi connectivity index (χ0v) is 16.1. The average Bonchev–Trinajstić information content (AvgIpc) is 3.10. The van der Waals surface area contributed by atoms with Gasteiger partial charge in [0.05, 0.1) is 23.8 Å². The molecule has 3 heterocycles. The normalized spacial score (nSPS) is 15.2. The number of benzene rings is 1. The third-order valence-electron chi connectivity index (χ3n) is 5.21. The molecule has 9 nitrogen and oxygen atoms in total. The molecule has 1 aromatic carbocycles. The van der Waals surface area contributed by atoms with Crippen molar-refractivity contribution in [3.8, 4) is 0 Å². The lowest BCUT2D eigenvalue weighted by Crippen LogP contribution is -2.47. The molecule has 1 aliphatic rings. The molecule has 0 radical (unpaired) electrons. The summed E-state index contributed by atoms with van der Waals surface area (Å²) >= 11 is 0. The molecule has 4 N–H and O–H groups in total. The molecule has 1 aliphatic heterocycles. The van der Waals surface area contributed by atoms with Crippen LogP contribution in [-0.4, -0.2) is 64.1 Å². The first-order valence-electron chi connectivity index (χ1n) is 9.36. The lowest BCUT2D eigenvalue weighted by molar-refractivity contribution is 0.245. The molecule has 0 bridgehead atoms. The van der Waals surface area contributed by atoms with Crippen molar-refractivity contribution in [1.82, 2.24) is 24.3 Å². The van der Waals surface area contributed by atoms with Crippen molar-refractivity contribution in [2.45, 2.75) is 6.54 Å². The largest absolute Gasteiger partial charge is 0.368 e. The summed E-state index contributed by atoms with van der Waals surface area (Å²) in [6.07, 6.45) is 1.62. The number of fused-ring (bicyclic) bond motifs is 1. The Bertz CT molecular complexity index is 1080. The first kappa shape index (κ1) is 19.1. The van der Waals surface area contributed by atoms with Crippen LogP contribution in [0.2, 0.25) is 0 Å². The molecule has 154 valence electrons. The van der Waals surface area contributed by atoms with Crippen LogP contribution in [0.5, 0.6) is 0 Å². The summed E-state index contributed by atoms with van der Waals surface area (Å²) in [6, 6.07) is 3.69. The number of anilines is 2. The van der Waals surface area contributed by atoms with E-state index in [0.29, 0.717) is 36.4 Å². The molecule has 1 fully saturated rings. The van der Waals surface area contributed by atoms with Gasteiger partial charge in [-0.05, 0) is 12.1 Å². The number of hydrogen-bond acceptors (Lipinski definition) is 7. The van der Waals surface area contributed by atoms with Gasteiger partial charge in [-0.2, -0.15) is 10.1 Å². The van der Waals surface area contributed by atoms with Gasteiger partial charge in [0.15, 0.2) is 11.1 Å². The minimum Gasteiger partial charge on any atom is -0.368 e. The molecule has 0 amide bonds. The van der Waals surface area contributed by atoms with Gasteiger partial charge in [0.2, 0.25) is 5.95 Å². The Labute approximate surface area is 165 Å². The lowest BCUT2D eigenvalue weighted by atomic mass is 10.2. The van der Waals surface area contributed by atoms with Crippen molar-refractivity contribution in [1.29, 1.82) is 5.41 Å². The predicted octanol–water partition coefficient (Wildman–Crippen LogP) is 0.568. The Hall–Kier alpha value is -3.21. The number of nitrogens with one attached hydrogen (secondary N) is 2. The second-order valence-corrected chi connectivity index (χ2v) is 6.91. The molecule has 1 saturated heterocycles. The van der Waals surface area contributed by atoms with Gasteiger partial charge in [0.25, 0.3) is 0 Å². The van der Waals surface area contributed by atoms with E-state index in [9.17, 15) is 8.78 Å². The summed E-state index contributed by atoms with van der Waals surface area (Å²) in [7, 11) is 1.67. The Morgan fingerprint density at radius 3 is 2.62 bits per heavy atom. The maximum Gasteiger partial charge on any atom is 0.223 e. The van der Waals surface area contributed by atoms with Crippen LogP contribution >= 0.6 is 0 Å². The quantitative estimate of drug-likeness (QED) is 0.575. The van der Waals surface area contributed by atoms with Crippen LogP contribution in [0.25, 0.3) is 11.0 Å². The number of rotatable bonds is 5. The predicted molar refractivity (Wildman–Crippen MR) is 106 cm³/mol. The second kappa shape index (κ2) is 7.66. The number of nitrogens with zero attached hydrogens (tertiary/aromatic N) is 6. The summed E-state index contributed by atoms with van der Waals surface area (Å²) < 4.78 is 30.2. The highest BCUT2D eigenvalue weighted by molar-refractivity contribution is 5.74. The molecule has 11 heteroatoms. The van der Waals surface area contributed by atoms with Crippen molar-refractivity contribution >= 4 is 22.7 Å². The number of aromatic nitrogens is 4. The number of halogens is 2. The highest BCUT2D eigenvalue weighted by atomic mass is 19.1. The fourth-order valence-corrected chi connectivity index (χ4v) is 3.63.